The van der Waals surface area contributed by atoms with E-state index < -0.39 is 0 Å². The lowest BCUT2D eigenvalue weighted by Gasteiger charge is -2.33. The standard InChI is InChI=1S/C11H16O2/c1-6-8-7-4-10(6,2)5-11(7,3)9(12)13-8/h6-8H,4-5H2,1-3H3. The molecular weight excluding hydrogens is 164 g/mol. The van der Waals surface area contributed by atoms with Crippen LogP contribution in [0.1, 0.15) is 33.6 Å². The van der Waals surface area contributed by atoms with Crippen LogP contribution in [0.15, 0.2) is 0 Å². The number of ether oxygens (including phenoxy) is 1. The van der Waals surface area contributed by atoms with Crippen LogP contribution in [0.2, 0.25) is 0 Å². The molecule has 5 atom stereocenters. The van der Waals surface area contributed by atoms with E-state index >= 15 is 0 Å². The van der Waals surface area contributed by atoms with E-state index in [4.69, 9.17) is 4.74 Å². The van der Waals surface area contributed by atoms with Gasteiger partial charge in [0.25, 0.3) is 0 Å². The average Bonchev–Trinajstić information content (AvgIpc) is 2.50. The monoisotopic (exact) mass is 180 g/mol. The predicted octanol–water partition coefficient (Wildman–Crippen LogP) is 1.98. The predicted molar refractivity (Wildman–Crippen MR) is 48.0 cm³/mol. The van der Waals surface area contributed by atoms with Gasteiger partial charge in [-0.05, 0) is 31.1 Å². The van der Waals surface area contributed by atoms with Crippen LogP contribution < -0.4 is 0 Å². The molecular formula is C11H16O2. The van der Waals surface area contributed by atoms with Crippen molar-refractivity contribution in [3.63, 3.8) is 0 Å². The molecule has 0 amide bonds. The minimum Gasteiger partial charge on any atom is -0.461 e. The van der Waals surface area contributed by atoms with E-state index in [-0.39, 0.29) is 17.5 Å². The number of rotatable bonds is 0. The van der Waals surface area contributed by atoms with Crippen LogP contribution >= 0.6 is 0 Å². The van der Waals surface area contributed by atoms with E-state index in [1.54, 1.807) is 0 Å². The highest BCUT2D eigenvalue weighted by Gasteiger charge is 2.71. The normalized spacial score (nSPS) is 63.0. The Morgan fingerprint density at radius 1 is 1.46 bits per heavy atom. The molecule has 0 aromatic heterocycles. The number of carbonyl (C=O) groups excluding carboxylic acids is 1. The van der Waals surface area contributed by atoms with Gasteiger partial charge in [0.05, 0.1) is 5.41 Å². The summed E-state index contributed by atoms with van der Waals surface area (Å²) in [7, 11) is 0. The Hall–Kier alpha value is -0.530. The molecule has 1 aliphatic heterocycles. The fourth-order valence-corrected chi connectivity index (χ4v) is 4.01. The zero-order valence-electron chi connectivity index (χ0n) is 8.46. The van der Waals surface area contributed by atoms with Gasteiger partial charge in [-0.15, -0.1) is 0 Å². The van der Waals surface area contributed by atoms with E-state index in [9.17, 15) is 4.79 Å². The SMILES string of the molecule is CC1C2OC(=O)C3(C)CC1(C)CC23. The highest BCUT2D eigenvalue weighted by molar-refractivity contribution is 5.80. The summed E-state index contributed by atoms with van der Waals surface area (Å²) >= 11 is 0. The number of hydrogen-bond acceptors (Lipinski definition) is 2. The maximum atomic E-state index is 11.7. The van der Waals surface area contributed by atoms with Crippen LogP contribution in [0.25, 0.3) is 0 Å². The van der Waals surface area contributed by atoms with Gasteiger partial charge in [-0.1, -0.05) is 13.8 Å². The van der Waals surface area contributed by atoms with Crippen LogP contribution in [0.3, 0.4) is 0 Å². The van der Waals surface area contributed by atoms with Gasteiger partial charge in [0.2, 0.25) is 0 Å². The fraction of sp³-hybridized carbons (Fsp3) is 0.909. The molecule has 0 spiro atoms. The van der Waals surface area contributed by atoms with Gasteiger partial charge in [0, 0.05) is 5.92 Å². The fourth-order valence-electron chi connectivity index (χ4n) is 4.01. The molecule has 0 aromatic rings. The lowest BCUT2D eigenvalue weighted by atomic mass is 9.68. The molecule has 0 aromatic carbocycles. The summed E-state index contributed by atoms with van der Waals surface area (Å²) < 4.78 is 5.48. The van der Waals surface area contributed by atoms with E-state index in [1.807, 2.05) is 0 Å². The van der Waals surface area contributed by atoms with E-state index in [1.165, 1.54) is 6.42 Å². The van der Waals surface area contributed by atoms with Gasteiger partial charge in [0.1, 0.15) is 6.10 Å². The van der Waals surface area contributed by atoms with Crippen LogP contribution in [0.4, 0.5) is 0 Å². The maximum Gasteiger partial charge on any atom is 0.312 e. The maximum absolute atomic E-state index is 11.7. The van der Waals surface area contributed by atoms with Gasteiger partial charge < -0.3 is 4.74 Å². The number of esters is 1. The van der Waals surface area contributed by atoms with Crippen molar-refractivity contribution in [1.82, 2.24) is 0 Å². The Kier molecular flexibility index (Phi) is 1.08. The third-order valence-corrected chi connectivity index (χ3v) is 4.97. The molecule has 0 N–H and O–H groups in total. The molecule has 13 heavy (non-hydrogen) atoms. The summed E-state index contributed by atoms with van der Waals surface area (Å²) in [4.78, 5) is 11.7. The zero-order valence-corrected chi connectivity index (χ0v) is 8.46. The molecule has 1 heterocycles. The van der Waals surface area contributed by atoms with E-state index in [2.05, 4.69) is 20.8 Å². The Labute approximate surface area is 78.6 Å². The highest BCUT2D eigenvalue weighted by atomic mass is 16.6. The summed E-state index contributed by atoms with van der Waals surface area (Å²) in [5, 5.41) is 0. The molecule has 3 aliphatic rings. The molecule has 2 nitrogen and oxygen atoms in total. The average molecular weight is 180 g/mol. The molecule has 1 saturated heterocycles. The highest BCUT2D eigenvalue weighted by Crippen LogP contribution is 2.69. The second-order valence-electron chi connectivity index (χ2n) is 5.72. The van der Waals surface area contributed by atoms with Gasteiger partial charge in [0.15, 0.2) is 0 Å². The first-order valence-corrected chi connectivity index (χ1v) is 5.18. The number of carbonyl (C=O) groups is 1. The smallest absolute Gasteiger partial charge is 0.312 e. The Bertz CT molecular complexity index is 298. The Morgan fingerprint density at radius 2 is 2.15 bits per heavy atom. The van der Waals surface area contributed by atoms with Gasteiger partial charge in [-0.25, -0.2) is 0 Å². The Morgan fingerprint density at radius 3 is 2.69 bits per heavy atom. The van der Waals surface area contributed by atoms with Crippen molar-refractivity contribution >= 4 is 5.97 Å². The first kappa shape index (κ1) is 7.84. The van der Waals surface area contributed by atoms with Gasteiger partial charge in [-0.3, -0.25) is 4.79 Å². The van der Waals surface area contributed by atoms with Crippen LogP contribution in [-0.4, -0.2) is 12.1 Å². The van der Waals surface area contributed by atoms with Gasteiger partial charge >= 0.3 is 5.97 Å². The van der Waals surface area contributed by atoms with Crippen molar-refractivity contribution in [2.24, 2.45) is 22.7 Å². The number of hydrogen-bond donors (Lipinski definition) is 0. The Balaban J connectivity index is 2.13. The van der Waals surface area contributed by atoms with E-state index in [0.29, 0.717) is 17.3 Å². The van der Waals surface area contributed by atoms with E-state index in [0.717, 1.165) is 6.42 Å². The van der Waals surface area contributed by atoms with Crippen molar-refractivity contribution in [2.75, 3.05) is 0 Å². The van der Waals surface area contributed by atoms with Crippen molar-refractivity contribution in [1.29, 1.82) is 0 Å². The summed E-state index contributed by atoms with van der Waals surface area (Å²) in [6.07, 6.45) is 2.47. The lowest BCUT2D eigenvalue weighted by molar-refractivity contribution is -0.147. The quantitative estimate of drug-likeness (QED) is 0.533. The van der Waals surface area contributed by atoms with Crippen LogP contribution in [0, 0.1) is 22.7 Å². The van der Waals surface area contributed by atoms with Gasteiger partial charge in [-0.2, -0.15) is 0 Å². The molecule has 0 radical (unpaired) electrons. The topological polar surface area (TPSA) is 26.3 Å². The third kappa shape index (κ3) is 0.628. The first-order chi connectivity index (χ1) is 5.97. The molecule has 5 unspecified atom stereocenters. The zero-order chi connectivity index (χ0) is 9.43. The minimum atomic E-state index is -0.133. The van der Waals surface area contributed by atoms with Crippen LogP contribution in [0.5, 0.6) is 0 Å². The second kappa shape index (κ2) is 1.79. The molecule has 3 fully saturated rings. The summed E-state index contributed by atoms with van der Waals surface area (Å²) in [5.41, 5.74) is 0.238. The summed E-state index contributed by atoms with van der Waals surface area (Å²) in [6.45, 7) is 6.65. The van der Waals surface area contributed by atoms with Crippen molar-refractivity contribution in [3.8, 4) is 0 Å². The molecule has 3 rings (SSSR count). The minimum absolute atomic E-state index is 0.0653. The molecule has 2 saturated carbocycles. The third-order valence-electron chi connectivity index (χ3n) is 4.97. The summed E-state index contributed by atoms with van der Waals surface area (Å²) in [5.74, 6) is 1.15. The largest absolute Gasteiger partial charge is 0.461 e. The number of fused-ring (bicyclic) bond motifs is 1. The molecule has 2 aliphatic carbocycles. The van der Waals surface area contributed by atoms with Crippen molar-refractivity contribution in [3.05, 3.63) is 0 Å². The lowest BCUT2D eigenvalue weighted by Crippen LogP contribution is -2.35. The van der Waals surface area contributed by atoms with Crippen molar-refractivity contribution in [2.45, 2.75) is 39.7 Å². The second-order valence-corrected chi connectivity index (χ2v) is 5.72. The summed E-state index contributed by atoms with van der Waals surface area (Å²) in [6, 6.07) is 0. The molecule has 72 valence electrons. The first-order valence-electron chi connectivity index (χ1n) is 5.18. The van der Waals surface area contributed by atoms with Crippen LogP contribution in [-0.2, 0) is 9.53 Å². The molecule has 2 bridgehead atoms. The van der Waals surface area contributed by atoms with Crippen molar-refractivity contribution < 1.29 is 9.53 Å². The molecule has 2 heteroatoms.